The van der Waals surface area contributed by atoms with Crippen molar-refractivity contribution in [1.29, 1.82) is 5.26 Å². The first-order chi connectivity index (χ1) is 26.0. The number of nitrogens with one attached hydrogen (secondary N) is 1. The average Bonchev–Trinajstić information content (AvgIpc) is 3.18. The number of nitrogens with zero attached hydrogens (tertiary/aromatic N) is 3. The van der Waals surface area contributed by atoms with Gasteiger partial charge in [-0.3, -0.25) is 15.1 Å². The highest BCUT2D eigenvalue weighted by Crippen LogP contribution is 2.39. The number of halogens is 2. The summed E-state index contributed by atoms with van der Waals surface area (Å²) in [7, 11) is 0. The number of hydrogen-bond donors (Lipinski definition) is 4. The first-order valence-corrected chi connectivity index (χ1v) is 18.7. The molecule has 1 aromatic heterocycles. The molecule has 286 valence electrons. The van der Waals surface area contributed by atoms with Crippen LogP contribution in [-0.4, -0.2) is 76.2 Å². The highest BCUT2D eigenvalue weighted by atomic mass is 35.5. The molecule has 1 unspecified atom stereocenters. The van der Waals surface area contributed by atoms with Gasteiger partial charge >= 0.3 is 5.97 Å². The van der Waals surface area contributed by atoms with E-state index in [1.165, 1.54) is 13.1 Å². The van der Waals surface area contributed by atoms with Crippen molar-refractivity contribution in [3.05, 3.63) is 105 Å². The highest BCUT2D eigenvalue weighted by molar-refractivity contribution is 6.35. The number of ether oxygens (including phenoxy) is 3. The Balaban J connectivity index is 1.30. The molecular weight excluding hydrogens is 731 g/mol. The summed E-state index contributed by atoms with van der Waals surface area (Å²) >= 11 is 13.7. The zero-order valence-electron chi connectivity index (χ0n) is 30.5. The molecule has 0 radical (unpaired) electrons. The maximum Gasteiger partial charge on any atom is 0.326 e. The molecule has 0 spiro atoms. The topological polar surface area (TPSA) is 157 Å². The van der Waals surface area contributed by atoms with Gasteiger partial charge in [-0.2, -0.15) is 5.26 Å². The summed E-state index contributed by atoms with van der Waals surface area (Å²) in [5, 5.41) is 41.9. The van der Waals surface area contributed by atoms with Gasteiger partial charge in [-0.25, -0.2) is 0 Å². The average molecular weight is 778 g/mol. The number of aliphatic hydroxyl groups is 2. The van der Waals surface area contributed by atoms with E-state index in [9.17, 15) is 25.4 Å². The number of pyridine rings is 1. The molecule has 3 aromatic carbocycles. The zero-order valence-corrected chi connectivity index (χ0v) is 32.0. The van der Waals surface area contributed by atoms with Gasteiger partial charge in [0.2, 0.25) is 0 Å². The second-order valence-corrected chi connectivity index (χ2v) is 14.5. The fourth-order valence-electron chi connectivity index (χ4n) is 6.33. The SMILES string of the molecule is Cc1c(COc2cc(OCc3cncc(C#N)c3)c(CN[C@](C)(CO)C(=O)O)cc2Cl)cccc1-c1cccc(OCCCN2CCCC(CO)C2)c1Cl. The molecule has 1 aliphatic rings. The van der Waals surface area contributed by atoms with E-state index in [0.29, 0.717) is 51.5 Å². The first-order valence-electron chi connectivity index (χ1n) is 17.9. The summed E-state index contributed by atoms with van der Waals surface area (Å²) in [5.41, 5.74) is 3.63. The lowest BCUT2D eigenvalue weighted by molar-refractivity contribution is -0.145. The lowest BCUT2D eigenvalue weighted by Crippen LogP contribution is -2.52. The van der Waals surface area contributed by atoms with E-state index in [1.807, 2.05) is 43.3 Å². The number of benzene rings is 3. The van der Waals surface area contributed by atoms with Crippen molar-refractivity contribution < 1.29 is 34.3 Å². The predicted octanol–water partition coefficient (Wildman–Crippen LogP) is 6.79. The number of carbonyl (C=O) groups is 1. The van der Waals surface area contributed by atoms with Crippen molar-refractivity contribution in [1.82, 2.24) is 15.2 Å². The van der Waals surface area contributed by atoms with Crippen LogP contribution in [0.2, 0.25) is 10.0 Å². The summed E-state index contributed by atoms with van der Waals surface area (Å²) in [4.78, 5) is 18.3. The third-order valence-electron chi connectivity index (χ3n) is 9.71. The van der Waals surface area contributed by atoms with Gasteiger partial charge in [0.25, 0.3) is 0 Å². The van der Waals surface area contributed by atoms with Crippen LogP contribution in [0.5, 0.6) is 17.2 Å². The van der Waals surface area contributed by atoms with E-state index in [-0.39, 0.29) is 31.4 Å². The summed E-state index contributed by atoms with van der Waals surface area (Å²) in [6.07, 6.45) is 6.09. The highest BCUT2D eigenvalue weighted by Gasteiger charge is 2.32. The Kier molecular flexibility index (Phi) is 14.5. The van der Waals surface area contributed by atoms with E-state index in [0.717, 1.165) is 61.2 Å². The zero-order chi connectivity index (χ0) is 38.7. The number of carboxylic acid groups (broad SMARTS) is 1. The third kappa shape index (κ3) is 10.4. The second-order valence-electron chi connectivity index (χ2n) is 13.7. The normalized spacial score (nSPS) is 15.6. The van der Waals surface area contributed by atoms with Crippen molar-refractivity contribution in [2.75, 3.05) is 39.5 Å². The number of likely N-dealkylation sites (tertiary alicyclic amines) is 1. The molecule has 0 saturated carbocycles. The minimum absolute atomic E-state index is 0.0172. The minimum atomic E-state index is -1.60. The van der Waals surface area contributed by atoms with Gasteiger partial charge in [-0.15, -0.1) is 0 Å². The Bertz CT molecular complexity index is 1960. The molecule has 54 heavy (non-hydrogen) atoms. The molecule has 0 bridgehead atoms. The number of nitriles is 1. The fraction of sp³-hybridized carbons (Fsp3) is 0.390. The summed E-state index contributed by atoms with van der Waals surface area (Å²) in [6, 6.07) is 18.7. The van der Waals surface area contributed by atoms with E-state index in [1.54, 1.807) is 24.4 Å². The predicted molar refractivity (Wildman–Crippen MR) is 207 cm³/mol. The summed E-state index contributed by atoms with van der Waals surface area (Å²) in [5.74, 6) is 0.477. The van der Waals surface area contributed by atoms with E-state index < -0.39 is 18.1 Å². The van der Waals surface area contributed by atoms with E-state index in [4.69, 9.17) is 37.4 Å². The van der Waals surface area contributed by atoms with Crippen molar-refractivity contribution in [2.24, 2.45) is 5.92 Å². The summed E-state index contributed by atoms with van der Waals surface area (Å²) in [6.45, 7) is 6.66. The molecule has 0 amide bonds. The van der Waals surface area contributed by atoms with Crippen LogP contribution < -0.4 is 19.5 Å². The fourth-order valence-corrected chi connectivity index (χ4v) is 6.85. The quantitative estimate of drug-likeness (QED) is 0.0789. The van der Waals surface area contributed by atoms with Gasteiger partial charge in [0, 0.05) is 61.4 Å². The van der Waals surface area contributed by atoms with Crippen LogP contribution in [0.25, 0.3) is 11.1 Å². The molecule has 0 aliphatic carbocycles. The van der Waals surface area contributed by atoms with Crippen molar-refractivity contribution in [2.45, 2.75) is 58.4 Å². The van der Waals surface area contributed by atoms with Crippen LogP contribution in [0.15, 0.2) is 67.0 Å². The molecule has 5 rings (SSSR count). The Labute approximate surface area is 326 Å². The van der Waals surface area contributed by atoms with Gasteiger partial charge in [0.15, 0.2) is 0 Å². The lowest BCUT2D eigenvalue weighted by atomic mass is 9.96. The van der Waals surface area contributed by atoms with Gasteiger partial charge in [-0.05, 0) is 80.5 Å². The number of rotatable bonds is 18. The third-order valence-corrected chi connectivity index (χ3v) is 10.4. The van der Waals surface area contributed by atoms with Crippen LogP contribution in [0.3, 0.4) is 0 Å². The maximum atomic E-state index is 11.8. The van der Waals surface area contributed by atoms with Gasteiger partial charge in [0.05, 0.1) is 28.8 Å². The largest absolute Gasteiger partial charge is 0.492 e. The number of carboxylic acids is 1. The molecule has 11 nitrogen and oxygen atoms in total. The number of piperidine rings is 1. The Hall–Kier alpha value is -4.41. The number of aromatic nitrogens is 1. The molecule has 1 fully saturated rings. The maximum absolute atomic E-state index is 11.8. The number of hydrogen-bond acceptors (Lipinski definition) is 10. The van der Waals surface area contributed by atoms with Crippen molar-refractivity contribution in [3.8, 4) is 34.4 Å². The molecule has 4 aromatic rings. The van der Waals surface area contributed by atoms with E-state index in [2.05, 4.69) is 21.3 Å². The van der Waals surface area contributed by atoms with Crippen molar-refractivity contribution >= 4 is 29.2 Å². The van der Waals surface area contributed by atoms with Gasteiger partial charge < -0.3 is 34.4 Å². The summed E-state index contributed by atoms with van der Waals surface area (Å²) < 4.78 is 18.6. The first kappa shape index (κ1) is 40.8. The minimum Gasteiger partial charge on any atom is -0.492 e. The molecule has 1 saturated heterocycles. The van der Waals surface area contributed by atoms with Gasteiger partial charge in [-0.1, -0.05) is 53.5 Å². The van der Waals surface area contributed by atoms with Crippen LogP contribution >= 0.6 is 23.2 Å². The molecule has 2 atom stereocenters. The monoisotopic (exact) mass is 776 g/mol. The van der Waals surface area contributed by atoms with Crippen LogP contribution in [0.1, 0.15) is 54.0 Å². The lowest BCUT2D eigenvalue weighted by Gasteiger charge is -2.31. The second kappa shape index (κ2) is 19.3. The molecule has 2 heterocycles. The van der Waals surface area contributed by atoms with Crippen LogP contribution in [-0.2, 0) is 24.6 Å². The number of aliphatic hydroxyl groups excluding tert-OH is 2. The van der Waals surface area contributed by atoms with Crippen LogP contribution in [0.4, 0.5) is 0 Å². The van der Waals surface area contributed by atoms with Crippen molar-refractivity contribution in [3.63, 3.8) is 0 Å². The Morgan fingerprint density at radius 2 is 1.80 bits per heavy atom. The van der Waals surface area contributed by atoms with Crippen LogP contribution in [0, 0.1) is 24.2 Å². The molecule has 13 heteroatoms. The number of aliphatic carboxylic acids is 1. The standard InChI is InChI=1S/C41H46Cl2N4O7/c1-27-31(8-3-9-33(27)34-10-4-11-36(39(34)43)52-14-6-13-47-12-5-7-28(22-47)23-48)25-54-38-17-37(53-24-30-15-29(18-44)19-45-20-30)32(16-35(38)42)21-46-41(2,26-49)40(50)51/h3-4,8-11,15-17,19-20,28,46,48-49H,5-7,12-14,21-26H2,1-2H3,(H,50,51)/t28?,41-/m1/s1. The Morgan fingerprint density at radius 3 is 2.56 bits per heavy atom. The van der Waals surface area contributed by atoms with Gasteiger partial charge in [0.1, 0.15) is 42.1 Å². The Morgan fingerprint density at radius 1 is 1.02 bits per heavy atom. The molecule has 1 aliphatic heterocycles. The molecule has 4 N–H and O–H groups in total. The smallest absolute Gasteiger partial charge is 0.326 e. The van der Waals surface area contributed by atoms with E-state index >= 15 is 0 Å². The molecular formula is C41H46Cl2N4O7.